The maximum atomic E-state index is 12.7. The Labute approximate surface area is 125 Å². The van der Waals surface area contributed by atoms with Crippen molar-refractivity contribution >= 4 is 23.9 Å². The first-order valence-corrected chi connectivity index (χ1v) is 7.59. The zero-order valence-corrected chi connectivity index (χ0v) is 12.1. The Morgan fingerprint density at radius 3 is 2.41 bits per heavy atom. The zero-order valence-electron chi connectivity index (χ0n) is 11.3. The van der Waals surface area contributed by atoms with Crippen molar-refractivity contribution in [1.29, 1.82) is 0 Å². The molecule has 0 aliphatic heterocycles. The Morgan fingerprint density at radius 2 is 1.95 bits per heavy atom. The summed E-state index contributed by atoms with van der Waals surface area (Å²) in [7, 11) is -3.30. The third-order valence-corrected chi connectivity index (χ3v) is 3.39. The summed E-state index contributed by atoms with van der Waals surface area (Å²) in [5.41, 5.74) is 0.0343. The molecule has 0 saturated heterocycles. The highest BCUT2D eigenvalue weighted by molar-refractivity contribution is 7.85. The maximum absolute atomic E-state index is 12.7. The molecule has 2 N–H and O–H groups in total. The number of phenolic OH excluding ortho intramolecular Hbond substituents is 1. The number of phenols is 1. The molecule has 0 fully saturated rings. The van der Waals surface area contributed by atoms with Crippen molar-refractivity contribution in [3.63, 3.8) is 0 Å². The normalized spacial score (nSPS) is 13.6. The van der Waals surface area contributed by atoms with Gasteiger partial charge in [0.15, 0.2) is 0 Å². The highest BCUT2D eigenvalue weighted by Crippen LogP contribution is 2.27. The van der Waals surface area contributed by atoms with Crippen LogP contribution in [-0.4, -0.2) is 49.9 Å². The van der Waals surface area contributed by atoms with E-state index in [1.807, 2.05) is 0 Å². The van der Waals surface area contributed by atoms with Crippen LogP contribution in [0.15, 0.2) is 18.2 Å². The third-order valence-electron chi connectivity index (χ3n) is 2.67. The summed E-state index contributed by atoms with van der Waals surface area (Å²) in [5, 5.41) is 9.50. The molecule has 0 aliphatic carbocycles. The van der Waals surface area contributed by atoms with Gasteiger partial charge in [-0.05, 0) is 12.1 Å². The van der Waals surface area contributed by atoms with Crippen molar-refractivity contribution in [3.05, 3.63) is 29.3 Å². The Morgan fingerprint density at radius 1 is 1.36 bits per heavy atom. The van der Waals surface area contributed by atoms with Crippen LogP contribution in [-0.2, 0) is 21.2 Å². The van der Waals surface area contributed by atoms with Crippen LogP contribution in [0.4, 0.5) is 13.2 Å². The highest BCUT2D eigenvalue weighted by atomic mass is 32.2. The van der Waals surface area contributed by atoms with Gasteiger partial charge in [0.1, 0.15) is 24.9 Å². The molecule has 0 bridgehead atoms. The number of ether oxygens (including phenoxy) is 1. The van der Waals surface area contributed by atoms with Gasteiger partial charge in [0.25, 0.3) is 10.1 Å². The topological polar surface area (TPSA) is 101 Å². The molecule has 0 aromatic heterocycles. The average Bonchev–Trinajstić information content (AvgIpc) is 2.35. The molecule has 1 aromatic carbocycles. The van der Waals surface area contributed by atoms with Gasteiger partial charge in [0, 0.05) is 0 Å². The average molecular weight is 340 g/mol. The van der Waals surface area contributed by atoms with Gasteiger partial charge in [-0.1, -0.05) is 17.9 Å². The van der Waals surface area contributed by atoms with Crippen LogP contribution in [0.5, 0.6) is 5.75 Å². The van der Waals surface area contributed by atoms with Crippen molar-refractivity contribution < 1.29 is 40.8 Å². The summed E-state index contributed by atoms with van der Waals surface area (Å²) in [6.45, 7) is 0. The smallest absolute Gasteiger partial charge is 0.426 e. The van der Waals surface area contributed by atoms with Crippen LogP contribution in [0.1, 0.15) is 15.9 Å². The van der Waals surface area contributed by atoms with Crippen molar-refractivity contribution in [2.24, 2.45) is 0 Å². The predicted octanol–water partition coefficient (Wildman–Crippen LogP) is 0.501. The van der Waals surface area contributed by atoms with E-state index in [1.165, 1.54) is 6.07 Å². The zero-order chi connectivity index (χ0) is 17.1. The first-order chi connectivity index (χ1) is 9.94. The van der Waals surface area contributed by atoms with Gasteiger partial charge in [0.2, 0.25) is 6.10 Å². The summed E-state index contributed by atoms with van der Waals surface area (Å²) in [5.74, 6) is -3.97. The van der Waals surface area contributed by atoms with Gasteiger partial charge in [0.05, 0.1) is 0 Å². The van der Waals surface area contributed by atoms with Gasteiger partial charge in [-0.25, -0.2) is 4.79 Å². The molecular formula is C11H12BF3O6S. The first-order valence-electron chi connectivity index (χ1n) is 5.98. The van der Waals surface area contributed by atoms with Crippen LogP contribution < -0.4 is 0 Å². The molecule has 0 aliphatic rings. The second kappa shape index (κ2) is 6.57. The fourth-order valence-corrected chi connectivity index (χ4v) is 2.19. The molecule has 1 aromatic rings. The van der Waals surface area contributed by atoms with Crippen LogP contribution in [0, 0.1) is 0 Å². The summed E-state index contributed by atoms with van der Waals surface area (Å²) in [4.78, 5) is 11.7. The van der Waals surface area contributed by atoms with E-state index >= 15 is 0 Å². The summed E-state index contributed by atoms with van der Waals surface area (Å²) >= 11 is 0. The number of esters is 1. The van der Waals surface area contributed by atoms with Gasteiger partial charge in [-0.3, -0.25) is 4.55 Å². The summed E-state index contributed by atoms with van der Waals surface area (Å²) < 4.78 is 71.7. The van der Waals surface area contributed by atoms with Gasteiger partial charge < -0.3 is 9.84 Å². The first kappa shape index (κ1) is 18.3. The lowest BCUT2D eigenvalue weighted by molar-refractivity contribution is -0.197. The number of carbonyl (C=O) groups is 1. The minimum Gasteiger partial charge on any atom is -0.507 e. The van der Waals surface area contributed by atoms with Crippen molar-refractivity contribution in [2.45, 2.75) is 18.6 Å². The monoisotopic (exact) mass is 340 g/mol. The van der Waals surface area contributed by atoms with Crippen molar-refractivity contribution in [3.8, 4) is 5.75 Å². The summed E-state index contributed by atoms with van der Waals surface area (Å²) in [6, 6.07) is 3.71. The molecule has 1 atom stereocenters. The Hall–Kier alpha value is -1.75. The molecule has 0 saturated carbocycles. The molecular weight excluding hydrogens is 328 g/mol. The third kappa shape index (κ3) is 5.22. The molecule has 1 rings (SSSR count). The fraction of sp³-hybridized carbons (Fsp3) is 0.364. The van der Waals surface area contributed by atoms with E-state index in [1.54, 1.807) is 7.85 Å². The second-order valence-corrected chi connectivity index (χ2v) is 5.89. The van der Waals surface area contributed by atoms with E-state index < -0.39 is 45.4 Å². The largest absolute Gasteiger partial charge is 0.507 e. The molecule has 0 amide bonds. The van der Waals surface area contributed by atoms with E-state index in [0.717, 1.165) is 12.1 Å². The van der Waals surface area contributed by atoms with Gasteiger partial charge >= 0.3 is 12.1 Å². The quantitative estimate of drug-likeness (QED) is 0.460. The number of benzene rings is 1. The summed E-state index contributed by atoms with van der Waals surface area (Å²) in [6.07, 6.45) is -7.78. The van der Waals surface area contributed by atoms with E-state index in [9.17, 15) is 31.5 Å². The number of rotatable bonds is 5. The molecule has 6 nitrogen and oxygen atoms in total. The van der Waals surface area contributed by atoms with Crippen LogP contribution in [0.3, 0.4) is 0 Å². The number of hydrogen-bond acceptors (Lipinski definition) is 5. The van der Waals surface area contributed by atoms with Gasteiger partial charge in [-0.15, -0.1) is 0 Å². The van der Waals surface area contributed by atoms with Crippen LogP contribution >= 0.6 is 0 Å². The SMILES string of the molecule is BCc1ccc(O)c(C(=O)OC(CS(=O)(=O)O)C(F)(F)F)c1. The highest BCUT2D eigenvalue weighted by Gasteiger charge is 2.45. The molecule has 22 heavy (non-hydrogen) atoms. The van der Waals surface area contributed by atoms with Gasteiger partial charge in [-0.2, -0.15) is 21.6 Å². The molecule has 122 valence electrons. The van der Waals surface area contributed by atoms with E-state index in [-0.39, 0.29) is 0 Å². The number of aromatic hydroxyl groups is 1. The second-order valence-electron chi connectivity index (χ2n) is 4.39. The molecule has 1 unspecified atom stereocenters. The van der Waals surface area contributed by atoms with Crippen LogP contribution in [0.25, 0.3) is 0 Å². The van der Waals surface area contributed by atoms with E-state index in [4.69, 9.17) is 4.55 Å². The molecule has 0 spiro atoms. The minimum absolute atomic E-state index is 0.453. The Bertz CT molecular complexity index is 658. The fourth-order valence-electron chi connectivity index (χ4n) is 1.55. The molecule has 11 heteroatoms. The minimum atomic E-state index is -5.19. The standard InChI is InChI=1S/C11H12BF3O6S/c12-4-6-1-2-8(16)7(3-6)10(17)21-9(11(13,14)15)5-22(18,19)20/h1-3,9,16H,4-5,12H2,(H,18,19,20). The van der Waals surface area contributed by atoms with Crippen LogP contribution in [0.2, 0.25) is 0 Å². The van der Waals surface area contributed by atoms with Crippen molar-refractivity contribution in [1.82, 2.24) is 0 Å². The molecule has 0 radical (unpaired) electrons. The predicted molar refractivity (Wildman–Crippen MR) is 72.0 cm³/mol. The maximum Gasteiger partial charge on any atom is 0.426 e. The van der Waals surface area contributed by atoms with E-state index in [2.05, 4.69) is 4.74 Å². The van der Waals surface area contributed by atoms with E-state index in [0.29, 0.717) is 11.9 Å². The Kier molecular flexibility index (Phi) is 5.47. The molecule has 0 heterocycles. The lowest BCUT2D eigenvalue weighted by Crippen LogP contribution is -2.39. The Balaban J connectivity index is 3.06. The lowest BCUT2D eigenvalue weighted by Gasteiger charge is -2.19. The number of alkyl halides is 3. The number of carbonyl (C=O) groups excluding carboxylic acids is 1. The number of hydrogen-bond donors (Lipinski definition) is 2. The van der Waals surface area contributed by atoms with Crippen molar-refractivity contribution in [2.75, 3.05) is 5.75 Å². The lowest BCUT2D eigenvalue weighted by atomic mass is 9.95. The number of halogens is 3.